The third kappa shape index (κ3) is 5.07. The van der Waals surface area contributed by atoms with E-state index in [0.29, 0.717) is 28.0 Å². The average molecular weight is 484 g/mol. The van der Waals surface area contributed by atoms with Crippen LogP contribution in [0.25, 0.3) is 10.9 Å². The van der Waals surface area contributed by atoms with E-state index in [1.807, 2.05) is 18.2 Å². The van der Waals surface area contributed by atoms with E-state index in [1.165, 1.54) is 25.3 Å². The molecule has 1 saturated carbocycles. The molecule has 2 aromatic carbocycles. The van der Waals surface area contributed by atoms with Crippen LogP contribution in [0.1, 0.15) is 49.4 Å². The Morgan fingerprint density at radius 1 is 1.21 bits per heavy atom. The van der Waals surface area contributed by atoms with E-state index < -0.39 is 5.97 Å². The second kappa shape index (κ2) is 10.7. The number of methoxy groups -OCH3 is 2. The molecule has 0 bridgehead atoms. The lowest BCUT2D eigenvalue weighted by atomic mass is 9.88. The number of hydrogen-bond donors (Lipinski definition) is 0. The van der Waals surface area contributed by atoms with Crippen LogP contribution in [0, 0.1) is 0 Å². The number of aromatic nitrogens is 2. The monoisotopic (exact) mass is 483 g/mol. The summed E-state index contributed by atoms with van der Waals surface area (Å²) in [6.07, 6.45) is 6.91. The number of fused-ring (bicyclic) bond motifs is 1. The summed E-state index contributed by atoms with van der Waals surface area (Å²) in [5.74, 6) is 0.863. The highest BCUT2D eigenvalue weighted by Crippen LogP contribution is 2.36. The van der Waals surface area contributed by atoms with Gasteiger partial charge in [-0.05, 0) is 42.7 Å². The lowest BCUT2D eigenvalue weighted by Crippen LogP contribution is -2.25. The second-order valence-electron chi connectivity index (χ2n) is 8.08. The quantitative estimate of drug-likeness (QED) is 0.362. The van der Waals surface area contributed by atoms with Gasteiger partial charge in [0.15, 0.2) is 18.1 Å². The highest BCUT2D eigenvalue weighted by atomic mass is 35.5. The number of carbonyl (C=O) groups is 1. The Morgan fingerprint density at radius 2 is 1.97 bits per heavy atom. The molecular formula is C25H26ClN3O5. The van der Waals surface area contributed by atoms with E-state index in [0.717, 1.165) is 25.7 Å². The maximum atomic E-state index is 13.3. The van der Waals surface area contributed by atoms with Crippen molar-refractivity contribution in [3.63, 3.8) is 0 Å². The van der Waals surface area contributed by atoms with E-state index in [1.54, 1.807) is 24.4 Å². The van der Waals surface area contributed by atoms with Crippen LogP contribution in [0.5, 0.6) is 11.5 Å². The molecule has 0 radical (unpaired) electrons. The van der Waals surface area contributed by atoms with Crippen LogP contribution in [0.4, 0.5) is 0 Å². The molecule has 0 atom stereocenters. The van der Waals surface area contributed by atoms with Crippen LogP contribution < -0.4 is 15.0 Å². The van der Waals surface area contributed by atoms with Gasteiger partial charge < -0.3 is 14.2 Å². The van der Waals surface area contributed by atoms with Gasteiger partial charge in [-0.2, -0.15) is 9.78 Å². The Bertz CT molecular complexity index is 1280. The van der Waals surface area contributed by atoms with Gasteiger partial charge in [-0.1, -0.05) is 43.0 Å². The topological polar surface area (TPSA) is 92.0 Å². The summed E-state index contributed by atoms with van der Waals surface area (Å²) in [5.41, 5.74) is 1.07. The standard InChI is InChI=1S/C25H26ClN3O5/c1-32-21-13-16(12-19(26)23(21)34-15-22(30)33-2)14-27-29-24(17-8-4-3-5-9-17)28-20-11-7-6-10-18(20)25(29)31/h6-7,10-14,17H,3-5,8-9,15H2,1-2H3. The zero-order valence-electron chi connectivity index (χ0n) is 19.1. The summed E-state index contributed by atoms with van der Waals surface area (Å²) < 4.78 is 16.8. The summed E-state index contributed by atoms with van der Waals surface area (Å²) in [5, 5.41) is 5.27. The number of nitrogens with zero attached hydrogens (tertiary/aromatic N) is 3. The molecular weight excluding hydrogens is 458 g/mol. The second-order valence-corrected chi connectivity index (χ2v) is 8.49. The molecule has 178 valence electrons. The van der Waals surface area contributed by atoms with Gasteiger partial charge in [0, 0.05) is 5.92 Å². The minimum atomic E-state index is -0.540. The largest absolute Gasteiger partial charge is 0.493 e. The first kappa shape index (κ1) is 23.8. The fourth-order valence-electron chi connectivity index (χ4n) is 4.15. The third-order valence-electron chi connectivity index (χ3n) is 5.89. The number of hydrogen-bond acceptors (Lipinski definition) is 7. The Hall–Kier alpha value is -3.39. The van der Waals surface area contributed by atoms with Crippen molar-refractivity contribution >= 4 is 34.7 Å². The summed E-state index contributed by atoms with van der Waals surface area (Å²) in [6.45, 7) is -0.303. The van der Waals surface area contributed by atoms with Crippen LogP contribution in [0.15, 0.2) is 46.3 Å². The molecule has 1 aliphatic rings. The summed E-state index contributed by atoms with van der Waals surface area (Å²) >= 11 is 6.38. The lowest BCUT2D eigenvalue weighted by molar-refractivity contribution is -0.142. The van der Waals surface area contributed by atoms with Gasteiger partial charge in [-0.15, -0.1) is 0 Å². The van der Waals surface area contributed by atoms with Crippen molar-refractivity contribution in [1.82, 2.24) is 9.66 Å². The number of ether oxygens (including phenoxy) is 3. The maximum Gasteiger partial charge on any atom is 0.343 e. The molecule has 1 heterocycles. The Morgan fingerprint density at radius 3 is 2.71 bits per heavy atom. The van der Waals surface area contributed by atoms with Gasteiger partial charge in [-0.3, -0.25) is 4.79 Å². The van der Waals surface area contributed by atoms with Crippen molar-refractivity contribution in [2.45, 2.75) is 38.0 Å². The predicted molar refractivity (Wildman–Crippen MR) is 130 cm³/mol. The van der Waals surface area contributed by atoms with Crippen molar-refractivity contribution in [3.05, 3.63) is 63.2 Å². The Labute approximate surface area is 202 Å². The van der Waals surface area contributed by atoms with Crippen LogP contribution >= 0.6 is 11.6 Å². The van der Waals surface area contributed by atoms with Crippen LogP contribution in [0.2, 0.25) is 5.02 Å². The van der Waals surface area contributed by atoms with Gasteiger partial charge >= 0.3 is 5.97 Å². The highest BCUT2D eigenvalue weighted by Gasteiger charge is 2.22. The Balaban J connectivity index is 1.73. The van der Waals surface area contributed by atoms with Gasteiger partial charge in [-0.25, -0.2) is 9.78 Å². The third-order valence-corrected chi connectivity index (χ3v) is 6.17. The number of para-hydroxylation sites is 1. The van der Waals surface area contributed by atoms with Gasteiger partial charge in [0.05, 0.1) is 36.4 Å². The normalized spacial score (nSPS) is 14.4. The smallest absolute Gasteiger partial charge is 0.343 e. The van der Waals surface area contributed by atoms with E-state index >= 15 is 0 Å². The lowest BCUT2D eigenvalue weighted by Gasteiger charge is -2.22. The SMILES string of the molecule is COC(=O)COc1c(Cl)cc(C=Nn2c(C3CCCCC3)nc3ccccc3c2=O)cc1OC. The molecule has 0 aliphatic heterocycles. The van der Waals surface area contributed by atoms with Crippen molar-refractivity contribution < 1.29 is 19.0 Å². The Kier molecular flexibility index (Phi) is 7.47. The van der Waals surface area contributed by atoms with Gasteiger partial charge in [0.2, 0.25) is 0 Å². The molecule has 0 unspecified atom stereocenters. The van der Waals surface area contributed by atoms with Crippen molar-refractivity contribution in [1.29, 1.82) is 0 Å². The first-order valence-electron chi connectivity index (χ1n) is 11.1. The van der Waals surface area contributed by atoms with Gasteiger partial charge in [0.1, 0.15) is 5.82 Å². The van der Waals surface area contributed by atoms with Crippen molar-refractivity contribution in [2.24, 2.45) is 5.10 Å². The van der Waals surface area contributed by atoms with Crippen molar-refractivity contribution in [3.8, 4) is 11.5 Å². The minimum absolute atomic E-state index is 0.176. The predicted octanol–water partition coefficient (Wildman–Crippen LogP) is 4.54. The molecule has 0 spiro atoms. The molecule has 8 nitrogen and oxygen atoms in total. The molecule has 0 N–H and O–H groups in total. The highest BCUT2D eigenvalue weighted by molar-refractivity contribution is 6.32. The maximum absolute atomic E-state index is 13.3. The van der Waals surface area contributed by atoms with E-state index in [9.17, 15) is 9.59 Å². The molecule has 1 aromatic heterocycles. The number of benzene rings is 2. The van der Waals surface area contributed by atoms with Crippen molar-refractivity contribution in [2.75, 3.05) is 20.8 Å². The summed E-state index contributed by atoms with van der Waals surface area (Å²) in [7, 11) is 2.74. The fraction of sp³-hybridized carbons (Fsp3) is 0.360. The molecule has 4 rings (SSSR count). The van der Waals surface area contributed by atoms with E-state index in [4.69, 9.17) is 26.1 Å². The average Bonchev–Trinajstić information content (AvgIpc) is 2.87. The molecule has 1 fully saturated rings. The number of rotatable bonds is 7. The van der Waals surface area contributed by atoms with Crippen LogP contribution in [-0.2, 0) is 9.53 Å². The minimum Gasteiger partial charge on any atom is -0.493 e. The number of carbonyl (C=O) groups excluding carboxylic acids is 1. The zero-order chi connectivity index (χ0) is 24.1. The molecule has 34 heavy (non-hydrogen) atoms. The number of esters is 1. The molecule has 1 aliphatic carbocycles. The molecule has 3 aromatic rings. The van der Waals surface area contributed by atoms with Crippen LogP contribution in [-0.4, -0.2) is 42.7 Å². The first-order chi connectivity index (χ1) is 16.5. The fourth-order valence-corrected chi connectivity index (χ4v) is 4.42. The first-order valence-corrected chi connectivity index (χ1v) is 11.5. The van der Waals surface area contributed by atoms with E-state index in [2.05, 4.69) is 9.84 Å². The summed E-state index contributed by atoms with van der Waals surface area (Å²) in [6, 6.07) is 10.6. The molecule has 9 heteroatoms. The van der Waals surface area contributed by atoms with E-state index in [-0.39, 0.29) is 28.9 Å². The zero-order valence-corrected chi connectivity index (χ0v) is 19.9. The van der Waals surface area contributed by atoms with Crippen LogP contribution in [0.3, 0.4) is 0 Å². The molecule has 0 amide bonds. The number of halogens is 1. The summed E-state index contributed by atoms with van der Waals surface area (Å²) in [4.78, 5) is 29.6. The molecule has 0 saturated heterocycles. The van der Waals surface area contributed by atoms with Gasteiger partial charge in [0.25, 0.3) is 5.56 Å².